The number of benzene rings is 1. The van der Waals surface area contributed by atoms with Gasteiger partial charge in [-0.25, -0.2) is 4.79 Å². The maximum atomic E-state index is 12.7. The van der Waals surface area contributed by atoms with Gasteiger partial charge in [-0.1, -0.05) is 6.07 Å². The fourth-order valence-corrected chi connectivity index (χ4v) is 4.94. The molecule has 0 unspecified atom stereocenters. The topological polar surface area (TPSA) is 284 Å². The molecule has 1 aromatic carbocycles. The first-order valence-electron chi connectivity index (χ1n) is 13.9. The van der Waals surface area contributed by atoms with Gasteiger partial charge in [-0.15, -0.1) is 0 Å². The molecule has 4 rings (SSSR count). The number of carbonyl (C=O) groups is 1. The van der Waals surface area contributed by atoms with Gasteiger partial charge in [0.25, 0.3) is 0 Å². The first-order valence-corrected chi connectivity index (χ1v) is 13.9. The van der Waals surface area contributed by atoms with Crippen molar-refractivity contribution < 1.29 is 89.0 Å². The van der Waals surface area contributed by atoms with Gasteiger partial charge < -0.3 is 84.2 Å². The normalized spacial score (nSPS) is 40.5. The van der Waals surface area contributed by atoms with E-state index < -0.39 is 112 Å². The van der Waals surface area contributed by atoms with Crippen LogP contribution in [0.3, 0.4) is 0 Å². The fourth-order valence-electron chi connectivity index (χ4n) is 4.94. The van der Waals surface area contributed by atoms with Crippen molar-refractivity contribution in [3.63, 3.8) is 0 Å². The third-order valence-corrected chi connectivity index (χ3v) is 7.55. The van der Waals surface area contributed by atoms with Crippen molar-refractivity contribution in [1.82, 2.24) is 0 Å². The van der Waals surface area contributed by atoms with Gasteiger partial charge in [-0.05, 0) is 23.8 Å². The fraction of sp³-hybridized carbons (Fsp3) is 0.667. The average molecular weight is 651 g/mol. The van der Waals surface area contributed by atoms with Crippen LogP contribution in [0.1, 0.15) is 5.56 Å². The molecule has 3 saturated heterocycles. The van der Waals surface area contributed by atoms with Crippen molar-refractivity contribution >= 4 is 12.0 Å². The Hall–Kier alpha value is -2.53. The van der Waals surface area contributed by atoms with Crippen molar-refractivity contribution in [2.24, 2.45) is 0 Å². The Morgan fingerprint density at radius 1 is 0.778 bits per heavy atom. The molecule has 10 N–H and O–H groups in total. The Bertz CT molecular complexity index is 1150. The summed E-state index contributed by atoms with van der Waals surface area (Å²) in [7, 11) is 1.34. The number of rotatable bonds is 11. The summed E-state index contributed by atoms with van der Waals surface area (Å²) in [5.41, 5.74) is 0.429. The number of phenolic OH excluding ortho intramolecular Hbond substituents is 1. The minimum Gasteiger partial charge on any atom is -0.504 e. The molecule has 3 heterocycles. The van der Waals surface area contributed by atoms with Gasteiger partial charge in [-0.2, -0.15) is 0 Å². The highest BCUT2D eigenvalue weighted by Crippen LogP contribution is 2.31. The standard InChI is InChI=1S/C27H38O18/c1-39-12-6-10(2-4-11(12)30)3-5-16(31)44-27-23(38)24(45-26-21(36)18(33)14(8-29)42-26)19(34)15(43-27)9-40-25-22(37)20(35)17(32)13(7-28)41-25/h2-6,13-15,17-30,32-38H,7-9H2,1H3/b5-3+/t13-,14+,15-,17-,18+,19-,20+,21-,22-,23-,24+,25-,26+,27+/m1/s1. The van der Waals surface area contributed by atoms with Gasteiger partial charge in [0, 0.05) is 6.08 Å². The molecule has 14 atom stereocenters. The van der Waals surface area contributed by atoms with Crippen LogP contribution >= 0.6 is 0 Å². The Labute approximate surface area is 255 Å². The van der Waals surface area contributed by atoms with E-state index in [0.29, 0.717) is 5.56 Å². The molecule has 1 aromatic rings. The summed E-state index contributed by atoms with van der Waals surface area (Å²) in [6, 6.07) is 4.24. The molecule has 254 valence electrons. The zero-order chi connectivity index (χ0) is 33.0. The van der Waals surface area contributed by atoms with Crippen molar-refractivity contribution in [1.29, 1.82) is 0 Å². The molecular weight excluding hydrogens is 612 g/mol. The third-order valence-electron chi connectivity index (χ3n) is 7.55. The molecular formula is C27H38O18. The van der Waals surface area contributed by atoms with Gasteiger partial charge in [-0.3, -0.25) is 0 Å². The van der Waals surface area contributed by atoms with E-state index in [4.69, 9.17) is 33.2 Å². The molecule has 3 aliphatic rings. The van der Waals surface area contributed by atoms with Crippen LogP contribution in [0.15, 0.2) is 24.3 Å². The third kappa shape index (κ3) is 7.89. The minimum absolute atomic E-state index is 0.133. The summed E-state index contributed by atoms with van der Waals surface area (Å²) in [5, 5.41) is 101. The summed E-state index contributed by atoms with van der Waals surface area (Å²) in [4.78, 5) is 12.7. The lowest BCUT2D eigenvalue weighted by Gasteiger charge is -2.44. The van der Waals surface area contributed by atoms with E-state index in [2.05, 4.69) is 0 Å². The van der Waals surface area contributed by atoms with Gasteiger partial charge in [0.15, 0.2) is 24.1 Å². The van der Waals surface area contributed by atoms with Crippen molar-refractivity contribution in [2.45, 2.75) is 86.0 Å². The van der Waals surface area contributed by atoms with Gasteiger partial charge in [0.1, 0.15) is 67.1 Å². The second kappa shape index (κ2) is 15.4. The quantitative estimate of drug-likeness (QED) is 0.0793. The highest BCUT2D eigenvalue weighted by Gasteiger charge is 2.52. The maximum absolute atomic E-state index is 12.7. The Balaban J connectivity index is 1.50. The predicted octanol–water partition coefficient (Wildman–Crippen LogP) is -4.96. The van der Waals surface area contributed by atoms with E-state index in [9.17, 15) is 55.9 Å². The second-order valence-electron chi connectivity index (χ2n) is 10.6. The number of phenols is 1. The molecule has 0 bridgehead atoms. The summed E-state index contributed by atoms with van der Waals surface area (Å²) in [6.45, 7) is -2.09. The molecule has 3 aliphatic heterocycles. The minimum atomic E-state index is -1.92. The lowest BCUT2D eigenvalue weighted by Crippen LogP contribution is -2.63. The molecule has 3 fully saturated rings. The van der Waals surface area contributed by atoms with Crippen LogP contribution in [0.2, 0.25) is 0 Å². The zero-order valence-corrected chi connectivity index (χ0v) is 23.8. The number of hydrogen-bond donors (Lipinski definition) is 10. The molecule has 0 radical (unpaired) electrons. The molecule has 0 saturated carbocycles. The van der Waals surface area contributed by atoms with Crippen LogP contribution in [0.5, 0.6) is 11.5 Å². The number of carbonyl (C=O) groups excluding carboxylic acids is 1. The van der Waals surface area contributed by atoms with Crippen molar-refractivity contribution in [3.8, 4) is 11.5 Å². The zero-order valence-electron chi connectivity index (χ0n) is 23.8. The first-order chi connectivity index (χ1) is 21.4. The first kappa shape index (κ1) is 35.3. The lowest BCUT2D eigenvalue weighted by atomic mass is 9.98. The molecule has 0 amide bonds. The van der Waals surface area contributed by atoms with Crippen LogP contribution in [0.4, 0.5) is 0 Å². The lowest BCUT2D eigenvalue weighted by molar-refractivity contribution is -0.340. The smallest absolute Gasteiger partial charge is 0.333 e. The Morgan fingerprint density at radius 3 is 2.02 bits per heavy atom. The van der Waals surface area contributed by atoms with Crippen LogP contribution in [0, 0.1) is 0 Å². The number of ether oxygens (including phenoxy) is 7. The summed E-state index contributed by atoms with van der Waals surface area (Å²) in [6.07, 6.45) is -20.9. The summed E-state index contributed by atoms with van der Waals surface area (Å²) < 4.78 is 37.4. The highest BCUT2D eigenvalue weighted by atomic mass is 16.8. The van der Waals surface area contributed by atoms with E-state index in [1.807, 2.05) is 0 Å². The molecule has 0 aromatic heterocycles. The average Bonchev–Trinajstić information content (AvgIpc) is 3.30. The molecule has 18 heteroatoms. The molecule has 0 spiro atoms. The largest absolute Gasteiger partial charge is 0.504 e. The number of hydrogen-bond acceptors (Lipinski definition) is 18. The number of aliphatic hydroxyl groups excluding tert-OH is 9. The van der Waals surface area contributed by atoms with E-state index >= 15 is 0 Å². The van der Waals surface area contributed by atoms with Gasteiger partial charge in [0.2, 0.25) is 6.29 Å². The summed E-state index contributed by atoms with van der Waals surface area (Å²) >= 11 is 0. The molecule has 45 heavy (non-hydrogen) atoms. The van der Waals surface area contributed by atoms with Gasteiger partial charge >= 0.3 is 5.97 Å². The van der Waals surface area contributed by atoms with Crippen LogP contribution in [-0.2, 0) is 33.2 Å². The monoisotopic (exact) mass is 650 g/mol. The second-order valence-corrected chi connectivity index (χ2v) is 10.6. The summed E-state index contributed by atoms with van der Waals surface area (Å²) in [5.74, 6) is -1.04. The van der Waals surface area contributed by atoms with E-state index in [0.717, 1.165) is 6.08 Å². The van der Waals surface area contributed by atoms with Crippen molar-refractivity contribution in [2.75, 3.05) is 26.9 Å². The number of methoxy groups -OCH3 is 1. The molecule has 18 nitrogen and oxygen atoms in total. The number of esters is 1. The van der Waals surface area contributed by atoms with Crippen LogP contribution < -0.4 is 4.74 Å². The molecule has 0 aliphatic carbocycles. The van der Waals surface area contributed by atoms with Gasteiger partial charge in [0.05, 0.1) is 26.9 Å². The predicted molar refractivity (Wildman–Crippen MR) is 143 cm³/mol. The van der Waals surface area contributed by atoms with Crippen molar-refractivity contribution in [3.05, 3.63) is 29.8 Å². The number of aliphatic hydroxyl groups is 9. The van der Waals surface area contributed by atoms with E-state index in [1.54, 1.807) is 0 Å². The SMILES string of the molecule is COc1cc(/C=C/C(=O)O[C@@H]2O[C@H](CO[C@@H]3O[C@H](CO)[C@@H](O)[C@H](O)[C@H]3O)[C@@H](O)[C@H](O[C@@H]3O[C@@H](CO)[C@H](O)[C@H]3O)[C@H]2O)ccc1O. The Morgan fingerprint density at radius 2 is 1.38 bits per heavy atom. The maximum Gasteiger partial charge on any atom is 0.333 e. The Kier molecular flexibility index (Phi) is 12.1. The van der Waals surface area contributed by atoms with E-state index in [-0.39, 0.29) is 11.5 Å². The van der Waals surface area contributed by atoms with E-state index in [1.165, 1.54) is 31.4 Å². The highest BCUT2D eigenvalue weighted by molar-refractivity contribution is 5.87. The van der Waals surface area contributed by atoms with Crippen LogP contribution in [0.25, 0.3) is 6.08 Å². The number of aromatic hydroxyl groups is 1. The van der Waals surface area contributed by atoms with Crippen LogP contribution in [-0.4, -0.2) is 170 Å².